The van der Waals surface area contributed by atoms with Gasteiger partial charge in [-0.15, -0.1) is 0 Å². The number of halogens is 2. The smallest absolute Gasteiger partial charge is 0.242 e. The van der Waals surface area contributed by atoms with E-state index in [2.05, 4.69) is 20.2 Å². The predicted octanol–water partition coefficient (Wildman–Crippen LogP) is 1.60. The Balaban J connectivity index is 2.00. The number of nitrogens with zero attached hydrogens (tertiary/aromatic N) is 2. The Hall–Kier alpha value is -1.68. The summed E-state index contributed by atoms with van der Waals surface area (Å²) in [5.74, 6) is 0.0977. The number of carbonyl (C=O) groups excluding carboxylic acids is 1. The number of hydrogen-bond donors (Lipinski definition) is 2. The number of amides is 1. The van der Waals surface area contributed by atoms with Gasteiger partial charge in [-0.1, -0.05) is 28.4 Å². The molecule has 0 saturated carbocycles. The standard InChI is InChI=1S/C11H10Cl2N4O4S/c1-6-2-9(17-21-6)16-10(18)5-15-22(19,20)7-3-8(12)11(13)14-4-7/h2-4,15H,5H2,1H3,(H,16,17,18). The lowest BCUT2D eigenvalue weighted by molar-refractivity contribution is -0.115. The minimum absolute atomic E-state index is 0.00735. The van der Waals surface area contributed by atoms with Crippen molar-refractivity contribution in [2.75, 3.05) is 11.9 Å². The minimum Gasteiger partial charge on any atom is -0.360 e. The van der Waals surface area contributed by atoms with E-state index in [1.807, 2.05) is 0 Å². The van der Waals surface area contributed by atoms with E-state index in [4.69, 9.17) is 27.7 Å². The SMILES string of the molecule is Cc1cc(NC(=O)CNS(=O)(=O)c2cnc(Cl)c(Cl)c2)no1. The van der Waals surface area contributed by atoms with Crippen LogP contribution in [0.15, 0.2) is 27.7 Å². The lowest BCUT2D eigenvalue weighted by Gasteiger charge is -2.06. The van der Waals surface area contributed by atoms with Gasteiger partial charge in [-0.25, -0.2) is 18.1 Å². The van der Waals surface area contributed by atoms with Crippen molar-refractivity contribution < 1.29 is 17.7 Å². The summed E-state index contributed by atoms with van der Waals surface area (Å²) in [5, 5.41) is 5.91. The molecule has 2 aromatic rings. The third-order valence-electron chi connectivity index (χ3n) is 2.40. The molecule has 0 saturated heterocycles. The van der Waals surface area contributed by atoms with Gasteiger partial charge in [-0.3, -0.25) is 4.79 Å². The maximum absolute atomic E-state index is 12.0. The quantitative estimate of drug-likeness (QED) is 0.778. The van der Waals surface area contributed by atoms with E-state index in [9.17, 15) is 13.2 Å². The molecule has 0 radical (unpaired) electrons. The zero-order valence-corrected chi connectivity index (χ0v) is 13.5. The molecule has 0 aromatic carbocycles. The summed E-state index contributed by atoms with van der Waals surface area (Å²) < 4.78 is 30.9. The monoisotopic (exact) mass is 364 g/mol. The molecular weight excluding hydrogens is 355 g/mol. The van der Waals surface area contributed by atoms with Crippen molar-refractivity contribution in [3.05, 3.63) is 34.3 Å². The second-order valence-corrected chi connectivity index (χ2v) is 6.67. The molecule has 2 N–H and O–H groups in total. The Labute approximate surface area is 135 Å². The highest BCUT2D eigenvalue weighted by Crippen LogP contribution is 2.21. The number of anilines is 1. The van der Waals surface area contributed by atoms with E-state index in [1.54, 1.807) is 6.92 Å². The number of hydrogen-bond acceptors (Lipinski definition) is 6. The summed E-state index contributed by atoms with van der Waals surface area (Å²) in [5.41, 5.74) is 0. The first-order valence-corrected chi connectivity index (χ1v) is 8.06. The summed E-state index contributed by atoms with van der Waals surface area (Å²) in [7, 11) is -3.94. The fraction of sp³-hybridized carbons (Fsp3) is 0.182. The largest absolute Gasteiger partial charge is 0.360 e. The average molecular weight is 365 g/mol. The van der Waals surface area contributed by atoms with Crippen LogP contribution in [0.3, 0.4) is 0 Å². The van der Waals surface area contributed by atoms with Crippen LogP contribution in [0.4, 0.5) is 5.82 Å². The van der Waals surface area contributed by atoms with Crippen molar-refractivity contribution in [3.63, 3.8) is 0 Å². The summed E-state index contributed by atoms with van der Waals surface area (Å²) in [6, 6.07) is 2.63. The Morgan fingerprint density at radius 3 is 2.68 bits per heavy atom. The Kier molecular flexibility index (Phi) is 5.01. The van der Waals surface area contributed by atoms with Gasteiger partial charge in [0.25, 0.3) is 0 Å². The van der Waals surface area contributed by atoms with E-state index >= 15 is 0 Å². The maximum Gasteiger partial charge on any atom is 0.242 e. The Morgan fingerprint density at radius 2 is 2.09 bits per heavy atom. The molecule has 118 valence electrons. The average Bonchev–Trinajstić information content (AvgIpc) is 2.85. The van der Waals surface area contributed by atoms with Crippen LogP contribution >= 0.6 is 23.2 Å². The van der Waals surface area contributed by atoms with Gasteiger partial charge in [0.2, 0.25) is 15.9 Å². The van der Waals surface area contributed by atoms with E-state index in [1.165, 1.54) is 6.07 Å². The molecule has 11 heteroatoms. The highest BCUT2D eigenvalue weighted by atomic mass is 35.5. The molecule has 2 rings (SSSR count). The summed E-state index contributed by atoms with van der Waals surface area (Å²) in [6.45, 7) is 1.16. The molecule has 0 bridgehead atoms. The first-order valence-electron chi connectivity index (χ1n) is 5.82. The van der Waals surface area contributed by atoms with Gasteiger partial charge in [-0.05, 0) is 13.0 Å². The molecule has 22 heavy (non-hydrogen) atoms. The van der Waals surface area contributed by atoms with Gasteiger partial charge in [-0.2, -0.15) is 0 Å². The molecule has 0 atom stereocenters. The van der Waals surface area contributed by atoms with Crippen LogP contribution in [0.5, 0.6) is 0 Å². The van der Waals surface area contributed by atoms with Crippen molar-refractivity contribution in [2.24, 2.45) is 0 Å². The molecule has 1 amide bonds. The van der Waals surface area contributed by atoms with E-state index in [0.717, 1.165) is 12.3 Å². The second kappa shape index (κ2) is 6.61. The van der Waals surface area contributed by atoms with Crippen molar-refractivity contribution >= 4 is 45.0 Å². The molecule has 0 spiro atoms. The number of aryl methyl sites for hydroxylation is 1. The van der Waals surface area contributed by atoms with Crippen molar-refractivity contribution in [3.8, 4) is 0 Å². The number of pyridine rings is 1. The fourth-order valence-corrected chi connectivity index (χ4v) is 2.69. The molecule has 0 fully saturated rings. The lowest BCUT2D eigenvalue weighted by atomic mass is 10.5. The van der Waals surface area contributed by atoms with Crippen LogP contribution in [-0.4, -0.2) is 31.0 Å². The lowest BCUT2D eigenvalue weighted by Crippen LogP contribution is -2.33. The van der Waals surface area contributed by atoms with E-state index in [0.29, 0.717) is 5.76 Å². The van der Waals surface area contributed by atoms with Gasteiger partial charge < -0.3 is 9.84 Å². The van der Waals surface area contributed by atoms with Gasteiger partial charge in [0.1, 0.15) is 15.8 Å². The van der Waals surface area contributed by atoms with Crippen molar-refractivity contribution in [2.45, 2.75) is 11.8 Å². The normalized spacial score (nSPS) is 11.4. The topological polar surface area (TPSA) is 114 Å². The summed E-state index contributed by atoms with van der Waals surface area (Å²) in [4.78, 5) is 15.1. The Bertz CT molecular complexity index is 806. The van der Waals surface area contributed by atoms with E-state index in [-0.39, 0.29) is 20.9 Å². The molecule has 0 unspecified atom stereocenters. The van der Waals surface area contributed by atoms with Crippen LogP contribution in [0.1, 0.15) is 5.76 Å². The number of sulfonamides is 1. The third kappa shape index (κ3) is 4.17. The first-order chi connectivity index (χ1) is 10.3. The molecule has 2 heterocycles. The molecule has 0 aliphatic rings. The summed E-state index contributed by atoms with van der Waals surface area (Å²) in [6.07, 6.45) is 1.04. The second-order valence-electron chi connectivity index (χ2n) is 4.14. The third-order valence-corrected chi connectivity index (χ3v) is 4.45. The molecule has 0 aliphatic heterocycles. The van der Waals surface area contributed by atoms with Crippen molar-refractivity contribution in [1.82, 2.24) is 14.9 Å². The zero-order chi connectivity index (χ0) is 16.3. The van der Waals surface area contributed by atoms with Crippen LogP contribution in [-0.2, 0) is 14.8 Å². The van der Waals surface area contributed by atoms with Crippen LogP contribution in [0.25, 0.3) is 0 Å². The number of aromatic nitrogens is 2. The van der Waals surface area contributed by atoms with Crippen LogP contribution in [0, 0.1) is 6.92 Å². The van der Waals surface area contributed by atoms with Gasteiger partial charge in [0.05, 0.1) is 11.6 Å². The number of rotatable bonds is 5. The highest BCUT2D eigenvalue weighted by molar-refractivity contribution is 7.89. The fourth-order valence-electron chi connectivity index (χ4n) is 1.41. The molecule has 8 nitrogen and oxygen atoms in total. The zero-order valence-electron chi connectivity index (χ0n) is 11.1. The van der Waals surface area contributed by atoms with Crippen molar-refractivity contribution in [1.29, 1.82) is 0 Å². The Morgan fingerprint density at radius 1 is 1.36 bits per heavy atom. The van der Waals surface area contributed by atoms with Gasteiger partial charge in [0.15, 0.2) is 5.82 Å². The maximum atomic E-state index is 12.0. The molecule has 2 aromatic heterocycles. The number of carbonyl (C=O) groups is 1. The predicted molar refractivity (Wildman–Crippen MR) is 79.3 cm³/mol. The first kappa shape index (κ1) is 16.7. The molecule has 0 aliphatic carbocycles. The molecular formula is C11H10Cl2N4O4S. The van der Waals surface area contributed by atoms with Gasteiger partial charge >= 0.3 is 0 Å². The van der Waals surface area contributed by atoms with Crippen LogP contribution in [0.2, 0.25) is 10.2 Å². The van der Waals surface area contributed by atoms with E-state index < -0.39 is 22.5 Å². The van der Waals surface area contributed by atoms with Gasteiger partial charge in [0, 0.05) is 12.3 Å². The minimum atomic E-state index is -3.94. The number of nitrogens with one attached hydrogen (secondary N) is 2. The summed E-state index contributed by atoms with van der Waals surface area (Å²) >= 11 is 11.3. The highest BCUT2D eigenvalue weighted by Gasteiger charge is 2.18. The van der Waals surface area contributed by atoms with Crippen LogP contribution < -0.4 is 10.0 Å².